The van der Waals surface area contributed by atoms with Gasteiger partial charge in [0, 0.05) is 38.0 Å². The number of rotatable bonds is 5. The molecule has 1 aliphatic heterocycles. The van der Waals surface area contributed by atoms with Crippen LogP contribution < -0.4 is 0 Å². The van der Waals surface area contributed by atoms with Gasteiger partial charge in [-0.3, -0.25) is 9.78 Å². The van der Waals surface area contributed by atoms with E-state index in [2.05, 4.69) is 9.97 Å². The number of methoxy groups -OCH3 is 1. The SMILES string of the molecule is COCC1(CN(C)C)COCCN1C(=O)c1nccc2cccnc12.I. The standard InChI is InChI=1S/C18H24N4O3.HI/c1-21(2)11-18(12-24-3)13-25-10-9-22(18)17(23)16-15-14(6-8-20-16)5-4-7-19-15;/h4-8H,9-13H2,1-3H3;1H. The summed E-state index contributed by atoms with van der Waals surface area (Å²) in [5, 5.41) is 0.902. The molecule has 0 aliphatic carbocycles. The molecule has 1 saturated heterocycles. The van der Waals surface area contributed by atoms with E-state index in [0.29, 0.717) is 44.1 Å². The van der Waals surface area contributed by atoms with E-state index in [1.54, 1.807) is 19.5 Å². The van der Waals surface area contributed by atoms with Crippen LogP contribution in [0.5, 0.6) is 0 Å². The molecule has 1 unspecified atom stereocenters. The number of pyridine rings is 2. The molecule has 1 amide bonds. The Hall–Kier alpha value is -1.36. The summed E-state index contributed by atoms with van der Waals surface area (Å²) in [6, 6.07) is 5.65. The fourth-order valence-corrected chi connectivity index (χ4v) is 3.49. The van der Waals surface area contributed by atoms with Gasteiger partial charge in [-0.15, -0.1) is 24.0 Å². The van der Waals surface area contributed by atoms with Gasteiger partial charge in [0.1, 0.15) is 11.1 Å². The van der Waals surface area contributed by atoms with Crippen molar-refractivity contribution in [3.8, 4) is 0 Å². The number of fused-ring (bicyclic) bond motifs is 1. The number of hydrogen-bond acceptors (Lipinski definition) is 6. The minimum absolute atomic E-state index is 0. The average Bonchev–Trinajstić information content (AvgIpc) is 2.60. The van der Waals surface area contributed by atoms with Gasteiger partial charge in [-0.05, 0) is 26.2 Å². The number of amides is 1. The molecule has 1 fully saturated rings. The lowest BCUT2D eigenvalue weighted by Crippen LogP contribution is -2.65. The number of likely N-dealkylation sites (N-methyl/N-ethyl adjacent to an activating group) is 1. The second-order valence-corrected chi connectivity index (χ2v) is 6.64. The number of morpholine rings is 1. The monoisotopic (exact) mass is 472 g/mol. The van der Waals surface area contributed by atoms with E-state index >= 15 is 0 Å². The zero-order valence-corrected chi connectivity index (χ0v) is 17.7. The van der Waals surface area contributed by atoms with Gasteiger partial charge in [0.05, 0.1) is 19.8 Å². The van der Waals surface area contributed by atoms with Gasteiger partial charge >= 0.3 is 0 Å². The molecule has 7 nitrogen and oxygen atoms in total. The third-order valence-corrected chi connectivity index (χ3v) is 4.39. The van der Waals surface area contributed by atoms with E-state index in [0.717, 1.165) is 5.39 Å². The summed E-state index contributed by atoms with van der Waals surface area (Å²) in [6.45, 7) is 2.48. The van der Waals surface area contributed by atoms with Gasteiger partial charge < -0.3 is 19.3 Å². The molecule has 8 heteroatoms. The number of ether oxygens (including phenoxy) is 2. The lowest BCUT2D eigenvalue weighted by Gasteiger charge is -2.47. The topological polar surface area (TPSA) is 67.8 Å². The van der Waals surface area contributed by atoms with Gasteiger partial charge in [-0.25, -0.2) is 4.98 Å². The van der Waals surface area contributed by atoms with Crippen molar-refractivity contribution in [2.45, 2.75) is 5.54 Å². The summed E-state index contributed by atoms with van der Waals surface area (Å²) >= 11 is 0. The summed E-state index contributed by atoms with van der Waals surface area (Å²) in [7, 11) is 5.60. The molecule has 0 saturated carbocycles. The molecule has 142 valence electrons. The molecule has 26 heavy (non-hydrogen) atoms. The first kappa shape index (κ1) is 20.9. The minimum Gasteiger partial charge on any atom is -0.382 e. The molecule has 1 aliphatic rings. The van der Waals surface area contributed by atoms with Crippen molar-refractivity contribution in [2.75, 3.05) is 54.1 Å². The van der Waals surface area contributed by atoms with Crippen LogP contribution in [0.25, 0.3) is 10.9 Å². The molecular formula is C18H25IN4O3. The summed E-state index contributed by atoms with van der Waals surface area (Å²) in [4.78, 5) is 26.0. The Morgan fingerprint density at radius 2 is 2.15 bits per heavy atom. The largest absolute Gasteiger partial charge is 0.382 e. The van der Waals surface area contributed by atoms with E-state index in [4.69, 9.17) is 9.47 Å². The van der Waals surface area contributed by atoms with Crippen LogP contribution in [0.2, 0.25) is 0 Å². The van der Waals surface area contributed by atoms with Crippen LogP contribution >= 0.6 is 24.0 Å². The number of hydrogen-bond donors (Lipinski definition) is 0. The van der Waals surface area contributed by atoms with Crippen molar-refractivity contribution in [3.05, 3.63) is 36.3 Å². The van der Waals surface area contributed by atoms with Crippen molar-refractivity contribution >= 4 is 40.8 Å². The van der Waals surface area contributed by atoms with Crippen LogP contribution in [0.4, 0.5) is 0 Å². The highest BCUT2D eigenvalue weighted by Gasteiger charge is 2.44. The third kappa shape index (κ3) is 4.13. The van der Waals surface area contributed by atoms with E-state index in [9.17, 15) is 4.79 Å². The first-order chi connectivity index (χ1) is 12.1. The highest BCUT2D eigenvalue weighted by Crippen LogP contribution is 2.25. The molecule has 0 radical (unpaired) electrons. The third-order valence-electron chi connectivity index (χ3n) is 4.39. The van der Waals surface area contributed by atoms with Gasteiger partial charge in [-0.1, -0.05) is 6.07 Å². The smallest absolute Gasteiger partial charge is 0.275 e. The zero-order chi connectivity index (χ0) is 17.9. The Balaban J connectivity index is 0.00000243. The van der Waals surface area contributed by atoms with Crippen LogP contribution in [-0.4, -0.2) is 85.3 Å². The maximum absolute atomic E-state index is 13.4. The first-order valence-corrected chi connectivity index (χ1v) is 8.30. The number of nitrogens with zero attached hydrogens (tertiary/aromatic N) is 4. The Bertz CT molecular complexity index is 749. The fourth-order valence-electron chi connectivity index (χ4n) is 3.49. The number of carbonyl (C=O) groups is 1. The molecule has 0 aromatic carbocycles. The Morgan fingerprint density at radius 1 is 1.35 bits per heavy atom. The Kier molecular flexibility index (Phi) is 7.27. The highest BCUT2D eigenvalue weighted by atomic mass is 127. The quantitative estimate of drug-likeness (QED) is 0.617. The van der Waals surface area contributed by atoms with E-state index in [1.165, 1.54) is 0 Å². The van der Waals surface area contributed by atoms with Crippen molar-refractivity contribution in [1.29, 1.82) is 0 Å². The number of halogens is 1. The molecule has 3 rings (SSSR count). The van der Waals surface area contributed by atoms with Crippen molar-refractivity contribution in [1.82, 2.24) is 19.8 Å². The van der Waals surface area contributed by atoms with E-state index < -0.39 is 5.54 Å². The van der Waals surface area contributed by atoms with Crippen LogP contribution in [-0.2, 0) is 9.47 Å². The van der Waals surface area contributed by atoms with E-state index in [1.807, 2.05) is 42.1 Å². The van der Waals surface area contributed by atoms with Crippen molar-refractivity contribution in [2.24, 2.45) is 0 Å². The molecular weight excluding hydrogens is 447 g/mol. The lowest BCUT2D eigenvalue weighted by molar-refractivity contribution is -0.0895. The molecule has 0 bridgehead atoms. The van der Waals surface area contributed by atoms with Crippen molar-refractivity contribution < 1.29 is 14.3 Å². The minimum atomic E-state index is -0.549. The maximum atomic E-state index is 13.4. The number of carbonyl (C=O) groups excluding carboxylic acids is 1. The normalized spacial score (nSPS) is 20.2. The van der Waals surface area contributed by atoms with Crippen LogP contribution in [0.3, 0.4) is 0 Å². The van der Waals surface area contributed by atoms with Crippen LogP contribution in [0.1, 0.15) is 10.5 Å². The molecule has 2 aromatic rings. The van der Waals surface area contributed by atoms with Gasteiger partial charge in [0.15, 0.2) is 5.69 Å². The summed E-state index contributed by atoms with van der Waals surface area (Å²) in [6.07, 6.45) is 3.34. The molecule has 0 N–H and O–H groups in total. The predicted octanol–water partition coefficient (Wildman–Crippen LogP) is 1.67. The van der Waals surface area contributed by atoms with Gasteiger partial charge in [0.25, 0.3) is 5.91 Å². The molecule has 1 atom stereocenters. The average molecular weight is 472 g/mol. The zero-order valence-electron chi connectivity index (χ0n) is 15.3. The van der Waals surface area contributed by atoms with E-state index in [-0.39, 0.29) is 29.9 Å². The fraction of sp³-hybridized carbons (Fsp3) is 0.500. The highest BCUT2D eigenvalue weighted by molar-refractivity contribution is 14.0. The molecule has 0 spiro atoms. The van der Waals surface area contributed by atoms with Crippen LogP contribution in [0.15, 0.2) is 30.6 Å². The summed E-state index contributed by atoms with van der Waals surface area (Å²) in [5.74, 6) is -0.133. The lowest BCUT2D eigenvalue weighted by atomic mass is 9.96. The number of aromatic nitrogens is 2. The Labute approximate surface area is 170 Å². The second-order valence-electron chi connectivity index (χ2n) is 6.64. The van der Waals surface area contributed by atoms with Crippen molar-refractivity contribution in [3.63, 3.8) is 0 Å². The first-order valence-electron chi connectivity index (χ1n) is 8.30. The second kappa shape index (κ2) is 9.03. The summed E-state index contributed by atoms with van der Waals surface area (Å²) in [5.41, 5.74) is 0.448. The molecule has 2 aromatic heterocycles. The predicted molar refractivity (Wildman–Crippen MR) is 110 cm³/mol. The van der Waals surface area contributed by atoms with Gasteiger partial charge in [-0.2, -0.15) is 0 Å². The molecule has 3 heterocycles. The summed E-state index contributed by atoms with van der Waals surface area (Å²) < 4.78 is 11.2. The maximum Gasteiger partial charge on any atom is 0.275 e. The van der Waals surface area contributed by atoms with Crippen LogP contribution in [0, 0.1) is 0 Å². The van der Waals surface area contributed by atoms with Gasteiger partial charge in [0.2, 0.25) is 0 Å². The Morgan fingerprint density at radius 3 is 2.88 bits per heavy atom.